The van der Waals surface area contributed by atoms with Gasteiger partial charge < -0.3 is 25.0 Å². The maximum absolute atomic E-state index is 11.9. The number of amides is 1. The van der Waals surface area contributed by atoms with Crippen LogP contribution in [0.15, 0.2) is 37.1 Å². The van der Waals surface area contributed by atoms with E-state index in [1.165, 1.54) is 0 Å². The molecule has 33 heavy (non-hydrogen) atoms. The van der Waals surface area contributed by atoms with Crippen molar-refractivity contribution < 1.29 is 4.79 Å². The van der Waals surface area contributed by atoms with Gasteiger partial charge in [0, 0.05) is 56.3 Å². The molecule has 2 N–H and O–H groups in total. The summed E-state index contributed by atoms with van der Waals surface area (Å²) in [5.41, 5.74) is 2.69. The zero-order valence-corrected chi connectivity index (χ0v) is 19.0. The minimum atomic E-state index is -0.0701. The van der Waals surface area contributed by atoms with E-state index in [-0.39, 0.29) is 12.5 Å². The third-order valence-corrected chi connectivity index (χ3v) is 6.22. The number of imidazole rings is 1. The number of pyridine rings is 1. The Labute approximate surface area is 193 Å². The van der Waals surface area contributed by atoms with Gasteiger partial charge in [-0.05, 0) is 39.1 Å². The third kappa shape index (κ3) is 4.51. The van der Waals surface area contributed by atoms with E-state index >= 15 is 0 Å². The van der Waals surface area contributed by atoms with E-state index in [4.69, 9.17) is 4.98 Å². The van der Waals surface area contributed by atoms with Crippen LogP contribution in [0.1, 0.15) is 24.6 Å². The number of carbonyl (C=O) groups excluding carboxylic acids is 1. The predicted molar refractivity (Wildman–Crippen MR) is 127 cm³/mol. The van der Waals surface area contributed by atoms with Crippen LogP contribution in [-0.4, -0.2) is 75.6 Å². The average molecular weight is 448 g/mol. The second-order valence-electron chi connectivity index (χ2n) is 8.81. The molecule has 0 spiro atoms. The first kappa shape index (κ1) is 21.3. The lowest BCUT2D eigenvalue weighted by Crippen LogP contribution is -2.37. The van der Waals surface area contributed by atoms with Gasteiger partial charge in [-0.2, -0.15) is 0 Å². The first-order valence-electron chi connectivity index (χ1n) is 11.3. The summed E-state index contributed by atoms with van der Waals surface area (Å²) in [5, 5.41) is 5.99. The summed E-state index contributed by atoms with van der Waals surface area (Å²) < 4.78 is 2.30. The predicted octanol–water partition coefficient (Wildman–Crippen LogP) is 2.04. The SMILES string of the molecule is CN(C)CCn1cc(-c2cccnc2)nc1C1CCN(c2ncnc3c2NC(=O)CN3)CC1. The van der Waals surface area contributed by atoms with Crippen LogP contribution >= 0.6 is 0 Å². The van der Waals surface area contributed by atoms with Crippen LogP contribution in [0, 0.1) is 0 Å². The molecule has 1 amide bonds. The molecule has 3 aromatic heterocycles. The number of fused-ring (bicyclic) bond motifs is 1. The molecule has 3 aromatic rings. The molecule has 5 rings (SSSR count). The molecule has 2 aliphatic rings. The van der Waals surface area contributed by atoms with Crippen molar-refractivity contribution >= 4 is 23.2 Å². The molecular weight excluding hydrogens is 418 g/mol. The Balaban J connectivity index is 1.36. The highest BCUT2D eigenvalue weighted by atomic mass is 16.2. The zero-order valence-electron chi connectivity index (χ0n) is 19.0. The molecule has 0 unspecified atom stereocenters. The number of likely N-dealkylation sites (N-methyl/N-ethyl adjacent to an activating group) is 1. The van der Waals surface area contributed by atoms with E-state index in [1.807, 2.05) is 12.3 Å². The number of hydrogen-bond acceptors (Lipinski definition) is 8. The van der Waals surface area contributed by atoms with Crippen molar-refractivity contribution in [2.24, 2.45) is 0 Å². The minimum absolute atomic E-state index is 0.0701. The third-order valence-electron chi connectivity index (χ3n) is 6.22. The van der Waals surface area contributed by atoms with Crippen molar-refractivity contribution in [2.45, 2.75) is 25.3 Å². The molecule has 10 nitrogen and oxygen atoms in total. The van der Waals surface area contributed by atoms with Crippen LogP contribution in [0.4, 0.5) is 17.3 Å². The Morgan fingerprint density at radius 2 is 2.06 bits per heavy atom. The number of aromatic nitrogens is 5. The lowest BCUT2D eigenvalue weighted by atomic mass is 9.95. The molecule has 1 fully saturated rings. The van der Waals surface area contributed by atoms with Crippen LogP contribution < -0.4 is 15.5 Å². The first-order chi connectivity index (χ1) is 16.1. The fourth-order valence-electron chi connectivity index (χ4n) is 4.46. The number of carbonyl (C=O) groups is 1. The van der Waals surface area contributed by atoms with Crippen molar-refractivity contribution in [3.8, 4) is 11.3 Å². The number of hydrogen-bond donors (Lipinski definition) is 2. The van der Waals surface area contributed by atoms with Crippen LogP contribution in [0.5, 0.6) is 0 Å². The Hall–Kier alpha value is -3.53. The van der Waals surface area contributed by atoms with Crippen LogP contribution in [0.2, 0.25) is 0 Å². The molecule has 0 radical (unpaired) electrons. The van der Waals surface area contributed by atoms with Gasteiger partial charge in [-0.25, -0.2) is 15.0 Å². The van der Waals surface area contributed by atoms with Crippen LogP contribution in [-0.2, 0) is 11.3 Å². The Morgan fingerprint density at radius 3 is 2.82 bits per heavy atom. The molecule has 0 aromatic carbocycles. The highest BCUT2D eigenvalue weighted by Crippen LogP contribution is 2.36. The molecule has 0 aliphatic carbocycles. The van der Waals surface area contributed by atoms with E-state index in [0.717, 1.165) is 61.9 Å². The summed E-state index contributed by atoms with van der Waals surface area (Å²) in [6.07, 6.45) is 9.29. The summed E-state index contributed by atoms with van der Waals surface area (Å²) in [4.78, 5) is 34.4. The number of rotatable bonds is 6. The fourth-order valence-corrected chi connectivity index (χ4v) is 4.46. The van der Waals surface area contributed by atoms with Crippen LogP contribution in [0.3, 0.4) is 0 Å². The molecule has 172 valence electrons. The zero-order chi connectivity index (χ0) is 22.8. The monoisotopic (exact) mass is 447 g/mol. The quantitative estimate of drug-likeness (QED) is 0.592. The summed E-state index contributed by atoms with van der Waals surface area (Å²) in [7, 11) is 4.18. The highest BCUT2D eigenvalue weighted by Gasteiger charge is 2.29. The van der Waals surface area contributed by atoms with E-state index in [9.17, 15) is 4.79 Å². The first-order valence-corrected chi connectivity index (χ1v) is 11.3. The van der Waals surface area contributed by atoms with Gasteiger partial charge in [0.1, 0.15) is 17.8 Å². The van der Waals surface area contributed by atoms with Gasteiger partial charge in [0.05, 0.1) is 12.2 Å². The van der Waals surface area contributed by atoms with Crippen molar-refractivity contribution in [1.29, 1.82) is 0 Å². The van der Waals surface area contributed by atoms with Gasteiger partial charge >= 0.3 is 0 Å². The number of nitrogens with one attached hydrogen (secondary N) is 2. The van der Waals surface area contributed by atoms with Gasteiger partial charge in [-0.1, -0.05) is 0 Å². The lowest BCUT2D eigenvalue weighted by molar-refractivity contribution is -0.114. The fraction of sp³-hybridized carbons (Fsp3) is 0.435. The molecule has 2 aliphatic heterocycles. The second-order valence-corrected chi connectivity index (χ2v) is 8.81. The summed E-state index contributed by atoms with van der Waals surface area (Å²) in [6, 6.07) is 4.00. The maximum Gasteiger partial charge on any atom is 0.243 e. The molecule has 0 bridgehead atoms. The van der Waals surface area contributed by atoms with E-state index < -0.39 is 0 Å². The van der Waals surface area contributed by atoms with Crippen molar-refractivity contribution in [3.63, 3.8) is 0 Å². The smallest absolute Gasteiger partial charge is 0.243 e. The lowest BCUT2D eigenvalue weighted by Gasteiger charge is -2.34. The van der Waals surface area contributed by atoms with E-state index in [2.05, 4.69) is 66.3 Å². The molecule has 5 heterocycles. The molecular formula is C23H29N9O. The van der Waals surface area contributed by atoms with E-state index in [1.54, 1.807) is 12.5 Å². The Morgan fingerprint density at radius 1 is 1.21 bits per heavy atom. The van der Waals surface area contributed by atoms with Crippen molar-refractivity contribution in [3.05, 3.63) is 42.9 Å². The number of piperidine rings is 1. The summed E-state index contributed by atoms with van der Waals surface area (Å²) in [6.45, 7) is 3.77. The average Bonchev–Trinajstić information content (AvgIpc) is 3.27. The minimum Gasteiger partial charge on any atom is -0.359 e. The van der Waals surface area contributed by atoms with Crippen LogP contribution in [0.25, 0.3) is 11.3 Å². The number of nitrogens with zero attached hydrogens (tertiary/aromatic N) is 7. The largest absolute Gasteiger partial charge is 0.359 e. The van der Waals surface area contributed by atoms with Crippen molar-refractivity contribution in [1.82, 2.24) is 29.4 Å². The van der Waals surface area contributed by atoms with Gasteiger partial charge in [-0.3, -0.25) is 9.78 Å². The second kappa shape index (κ2) is 9.14. The van der Waals surface area contributed by atoms with Gasteiger partial charge in [0.2, 0.25) is 5.91 Å². The Kier molecular flexibility index (Phi) is 5.91. The topological polar surface area (TPSA) is 104 Å². The molecule has 0 atom stereocenters. The Bertz CT molecular complexity index is 1120. The normalized spacial score (nSPS) is 16.5. The van der Waals surface area contributed by atoms with Gasteiger partial charge in [0.15, 0.2) is 11.6 Å². The molecule has 1 saturated heterocycles. The number of anilines is 3. The van der Waals surface area contributed by atoms with Crippen molar-refractivity contribution in [2.75, 3.05) is 55.8 Å². The maximum atomic E-state index is 11.9. The summed E-state index contributed by atoms with van der Waals surface area (Å²) in [5.74, 6) is 2.89. The van der Waals surface area contributed by atoms with E-state index in [0.29, 0.717) is 17.4 Å². The molecule has 0 saturated carbocycles. The standard InChI is InChI=1S/C23H29N9O/c1-30(2)10-11-32-14-18(17-4-3-7-24-12-17)28-22(32)16-5-8-31(9-6-16)23-20-21(26-15-27-23)25-13-19(33)29-20/h3-4,7,12,14-16H,5-6,8-11,13H2,1-2H3,(H,29,33)(H,25,26,27). The van der Waals surface area contributed by atoms with Gasteiger partial charge in [0.25, 0.3) is 0 Å². The highest BCUT2D eigenvalue weighted by molar-refractivity contribution is 6.02. The summed E-state index contributed by atoms with van der Waals surface area (Å²) >= 11 is 0. The molecule has 10 heteroatoms. The van der Waals surface area contributed by atoms with Gasteiger partial charge in [-0.15, -0.1) is 0 Å².